The predicted molar refractivity (Wildman–Crippen MR) is 159 cm³/mol. The van der Waals surface area contributed by atoms with Crippen LogP contribution in [0.5, 0.6) is 0 Å². The third-order valence-corrected chi connectivity index (χ3v) is 7.59. The maximum absolute atomic E-state index is 13.6. The number of nitrogens with zero attached hydrogens (tertiary/aromatic N) is 3. The van der Waals surface area contributed by atoms with E-state index in [1.165, 1.54) is 7.05 Å². The van der Waals surface area contributed by atoms with E-state index in [9.17, 15) is 19.2 Å². The minimum absolute atomic E-state index is 0.0359. The van der Waals surface area contributed by atoms with Crippen molar-refractivity contribution in [2.45, 2.75) is 45.1 Å². The number of aliphatic imine (C=N–C) groups is 1. The minimum Gasteiger partial charge on any atom is -0.461 e. The average Bonchev–Trinajstić information content (AvgIpc) is 3.63. The van der Waals surface area contributed by atoms with Crippen LogP contribution < -0.4 is 16.0 Å². The highest BCUT2D eigenvalue weighted by atomic mass is 16.3. The number of aryl methyl sites for hydroxylation is 1. The summed E-state index contributed by atoms with van der Waals surface area (Å²) >= 11 is 0. The van der Waals surface area contributed by atoms with E-state index in [2.05, 4.69) is 16.0 Å². The molecule has 11 heteroatoms. The molecule has 1 unspecified atom stereocenters. The van der Waals surface area contributed by atoms with E-state index in [0.717, 1.165) is 55.5 Å². The number of furan rings is 1. The van der Waals surface area contributed by atoms with Gasteiger partial charge in [-0.15, -0.1) is 0 Å². The minimum atomic E-state index is -0.766. The van der Waals surface area contributed by atoms with Crippen molar-refractivity contribution in [3.05, 3.63) is 65.4 Å². The van der Waals surface area contributed by atoms with Gasteiger partial charge in [0.2, 0.25) is 17.8 Å². The van der Waals surface area contributed by atoms with Crippen LogP contribution in [0.15, 0.2) is 57.9 Å². The first-order valence-electron chi connectivity index (χ1n) is 14.4. The molecule has 0 bridgehead atoms. The van der Waals surface area contributed by atoms with E-state index in [0.29, 0.717) is 29.8 Å². The van der Waals surface area contributed by atoms with Gasteiger partial charge in [-0.3, -0.25) is 24.5 Å². The molecule has 0 radical (unpaired) electrons. The van der Waals surface area contributed by atoms with Gasteiger partial charge in [0.25, 0.3) is 11.8 Å². The normalized spacial score (nSPS) is 17.7. The van der Waals surface area contributed by atoms with E-state index in [1.807, 2.05) is 30.0 Å². The lowest BCUT2D eigenvalue weighted by molar-refractivity contribution is -0.140. The third kappa shape index (κ3) is 6.79. The molecule has 220 valence electrons. The Morgan fingerprint density at radius 2 is 1.62 bits per heavy atom. The summed E-state index contributed by atoms with van der Waals surface area (Å²) in [6.07, 6.45) is 4.00. The Kier molecular flexibility index (Phi) is 8.85. The highest BCUT2D eigenvalue weighted by Gasteiger charge is 2.30. The van der Waals surface area contributed by atoms with Crippen molar-refractivity contribution in [1.29, 1.82) is 0 Å². The number of hydrogen-bond acceptors (Lipinski definition) is 6. The van der Waals surface area contributed by atoms with Gasteiger partial charge in [-0.2, -0.15) is 0 Å². The van der Waals surface area contributed by atoms with Crippen LogP contribution in [0.3, 0.4) is 0 Å². The summed E-state index contributed by atoms with van der Waals surface area (Å²) in [4.78, 5) is 59.7. The topological polar surface area (TPSA) is 136 Å². The second kappa shape index (κ2) is 12.9. The lowest BCUT2D eigenvalue weighted by Gasteiger charge is -2.25. The first-order valence-corrected chi connectivity index (χ1v) is 14.4. The molecule has 4 amide bonds. The first-order chi connectivity index (χ1) is 20.3. The molecule has 0 saturated carbocycles. The smallest absolute Gasteiger partial charge is 0.257 e. The quantitative estimate of drug-likeness (QED) is 0.306. The highest BCUT2D eigenvalue weighted by Crippen LogP contribution is 2.23. The van der Waals surface area contributed by atoms with Gasteiger partial charge in [-0.25, -0.2) is 4.99 Å². The van der Waals surface area contributed by atoms with Gasteiger partial charge in [0, 0.05) is 48.9 Å². The molecule has 2 aromatic carbocycles. The molecule has 42 heavy (non-hydrogen) atoms. The number of benzene rings is 2. The van der Waals surface area contributed by atoms with Gasteiger partial charge in [0.15, 0.2) is 0 Å². The van der Waals surface area contributed by atoms with Crippen molar-refractivity contribution in [3.8, 4) is 0 Å². The lowest BCUT2D eigenvalue weighted by atomic mass is 10.1. The van der Waals surface area contributed by atoms with Crippen LogP contribution >= 0.6 is 0 Å². The van der Waals surface area contributed by atoms with Gasteiger partial charge < -0.3 is 24.9 Å². The molecule has 1 aromatic heterocycles. The summed E-state index contributed by atoms with van der Waals surface area (Å²) in [6, 6.07) is 12.9. The zero-order valence-electron chi connectivity index (χ0n) is 23.9. The summed E-state index contributed by atoms with van der Waals surface area (Å²) in [5, 5.41) is 9.43. The Morgan fingerprint density at radius 3 is 2.33 bits per heavy atom. The number of amides is 4. The van der Waals surface area contributed by atoms with Crippen LogP contribution in [-0.4, -0.2) is 78.7 Å². The van der Waals surface area contributed by atoms with E-state index in [1.54, 1.807) is 35.2 Å². The first kappa shape index (κ1) is 28.8. The van der Waals surface area contributed by atoms with E-state index in [-0.39, 0.29) is 30.2 Å². The molecule has 2 aliphatic heterocycles. The molecule has 2 aliphatic rings. The number of fused-ring (bicyclic) bond motifs is 1. The molecule has 2 saturated heterocycles. The average molecular weight is 573 g/mol. The fraction of sp³-hybridized carbons (Fsp3) is 0.387. The zero-order chi connectivity index (χ0) is 29.6. The van der Waals surface area contributed by atoms with Gasteiger partial charge >= 0.3 is 0 Å². The molecular formula is C31H36N6O5. The van der Waals surface area contributed by atoms with Gasteiger partial charge in [-0.1, -0.05) is 0 Å². The molecule has 3 aromatic rings. The van der Waals surface area contributed by atoms with Crippen LogP contribution in [0.4, 0.5) is 5.69 Å². The van der Waals surface area contributed by atoms with Crippen LogP contribution in [-0.2, 0) is 9.59 Å². The number of anilines is 1. The van der Waals surface area contributed by atoms with Crippen molar-refractivity contribution in [3.63, 3.8) is 0 Å². The number of nitrogens with one attached hydrogen (secondary N) is 3. The zero-order valence-corrected chi connectivity index (χ0v) is 23.9. The van der Waals surface area contributed by atoms with Crippen molar-refractivity contribution in [2.75, 3.05) is 38.5 Å². The van der Waals surface area contributed by atoms with Gasteiger partial charge in [0.05, 0.1) is 6.54 Å². The number of guanidine groups is 1. The SMILES string of the molecule is CNC(=O)c1ccc(C(=O)NC(=NC2CCCCN(CC(=O)N3CCCC3)C2=O)Nc2ccc3oc(C)cc3c2)cc1. The Balaban J connectivity index is 1.39. The van der Waals surface area contributed by atoms with Gasteiger partial charge in [0.1, 0.15) is 17.4 Å². The fourth-order valence-electron chi connectivity index (χ4n) is 5.33. The van der Waals surface area contributed by atoms with Crippen LogP contribution in [0.1, 0.15) is 58.6 Å². The molecule has 2 fully saturated rings. The molecule has 1 atom stereocenters. The van der Waals surface area contributed by atoms with Crippen molar-refractivity contribution in [2.24, 2.45) is 4.99 Å². The maximum Gasteiger partial charge on any atom is 0.257 e. The summed E-state index contributed by atoms with van der Waals surface area (Å²) < 4.78 is 5.68. The molecule has 0 spiro atoms. The number of hydrogen-bond donors (Lipinski definition) is 3. The second-order valence-electron chi connectivity index (χ2n) is 10.7. The number of carbonyl (C=O) groups is 4. The highest BCUT2D eigenvalue weighted by molar-refractivity contribution is 6.11. The number of carbonyl (C=O) groups excluding carboxylic acids is 4. The number of rotatable bonds is 6. The molecule has 0 aliphatic carbocycles. The Bertz CT molecular complexity index is 1510. The maximum atomic E-state index is 13.6. The third-order valence-electron chi connectivity index (χ3n) is 7.59. The standard InChI is InChI=1S/C31H36N6O5/c1-20-17-23-18-24(12-13-26(23)42-20)33-31(35-29(40)22-10-8-21(9-11-22)28(39)32-2)34-25-7-3-4-16-37(30(25)41)19-27(38)36-14-5-6-15-36/h8-13,17-18,25H,3-7,14-16,19H2,1-2H3,(H,32,39)(H2,33,34,35,40). The van der Waals surface area contributed by atoms with Crippen LogP contribution in [0.2, 0.25) is 0 Å². The molecule has 3 heterocycles. The van der Waals surface area contributed by atoms with Crippen molar-refractivity contribution >= 4 is 46.2 Å². The predicted octanol–water partition coefficient (Wildman–Crippen LogP) is 3.30. The van der Waals surface area contributed by atoms with Crippen molar-refractivity contribution in [1.82, 2.24) is 20.4 Å². The van der Waals surface area contributed by atoms with Gasteiger partial charge in [-0.05, 0) is 87.6 Å². The van der Waals surface area contributed by atoms with E-state index < -0.39 is 11.9 Å². The largest absolute Gasteiger partial charge is 0.461 e. The van der Waals surface area contributed by atoms with Crippen LogP contribution in [0, 0.1) is 6.92 Å². The summed E-state index contributed by atoms with van der Waals surface area (Å²) in [5.74, 6) is -0.0915. The molecular weight excluding hydrogens is 536 g/mol. The summed E-state index contributed by atoms with van der Waals surface area (Å²) in [5.41, 5.74) is 2.13. The Hall–Kier alpha value is -4.67. The summed E-state index contributed by atoms with van der Waals surface area (Å²) in [6.45, 7) is 3.86. The Labute approximate surface area is 244 Å². The van der Waals surface area contributed by atoms with Crippen molar-refractivity contribution < 1.29 is 23.6 Å². The second-order valence-corrected chi connectivity index (χ2v) is 10.7. The van der Waals surface area contributed by atoms with E-state index >= 15 is 0 Å². The van der Waals surface area contributed by atoms with E-state index in [4.69, 9.17) is 9.41 Å². The fourth-order valence-corrected chi connectivity index (χ4v) is 5.33. The number of likely N-dealkylation sites (tertiary alicyclic amines) is 2. The monoisotopic (exact) mass is 572 g/mol. The Morgan fingerprint density at radius 1 is 0.929 bits per heavy atom. The molecule has 11 nitrogen and oxygen atoms in total. The summed E-state index contributed by atoms with van der Waals surface area (Å²) in [7, 11) is 1.54. The lowest BCUT2D eigenvalue weighted by Crippen LogP contribution is -2.45. The molecule has 3 N–H and O–H groups in total. The van der Waals surface area contributed by atoms with Crippen LogP contribution in [0.25, 0.3) is 11.0 Å². The molecule has 5 rings (SSSR count).